The van der Waals surface area contributed by atoms with Crippen molar-refractivity contribution in [2.75, 3.05) is 47.7 Å². The summed E-state index contributed by atoms with van der Waals surface area (Å²) in [6.07, 6.45) is 1.32. The largest absolute Gasteiger partial charge is 0.493 e. The molecule has 16 heteroatoms. The first kappa shape index (κ1) is 67.9. The number of ether oxygens (including phenoxy) is 4. The van der Waals surface area contributed by atoms with Gasteiger partial charge in [0.15, 0.2) is 23.1 Å². The van der Waals surface area contributed by atoms with Crippen LogP contribution in [0.2, 0.25) is 0 Å². The third-order valence-corrected chi connectivity index (χ3v) is 16.8. The Bertz CT molecular complexity index is 4080. The number of allylic oxidation sites excluding steroid dienone is 8. The molecule has 12 rings (SSSR count). The Kier molecular flexibility index (Phi) is 22.0. The van der Waals surface area contributed by atoms with Crippen LogP contribution in [0.3, 0.4) is 0 Å². The first-order chi connectivity index (χ1) is 47.5. The zero-order valence-electron chi connectivity index (χ0n) is 56.6. The van der Waals surface area contributed by atoms with Crippen LogP contribution in [-0.4, -0.2) is 72.4 Å². The lowest BCUT2D eigenvalue weighted by Gasteiger charge is -2.19. The highest BCUT2D eigenvalue weighted by Crippen LogP contribution is 2.36. The average molecular weight is 1310 g/mol. The second-order valence-electron chi connectivity index (χ2n) is 24.4. The van der Waals surface area contributed by atoms with Crippen LogP contribution in [-0.2, 0) is 44.9 Å². The summed E-state index contributed by atoms with van der Waals surface area (Å²) in [5.74, 6) is 1.80. The van der Waals surface area contributed by atoms with Gasteiger partial charge in [-0.05, 0) is 175 Å². The van der Waals surface area contributed by atoms with Gasteiger partial charge in [-0.25, -0.2) is 0 Å². The lowest BCUT2D eigenvalue weighted by atomic mass is 9.97. The Labute approximate surface area is 572 Å². The number of para-hydroxylation sites is 8. The first-order valence-electron chi connectivity index (χ1n) is 33.0. The number of anilines is 4. The number of carbonyl (C=O) groups excluding carboxylic acids is 4. The minimum Gasteiger partial charge on any atom is -0.493 e. The number of hydrogen-bond donors (Lipinski definition) is 4. The second kappa shape index (κ2) is 31.8. The van der Waals surface area contributed by atoms with E-state index in [9.17, 15) is 19.2 Å². The molecule has 0 fully saturated rings. The Balaban J connectivity index is 0.909. The van der Waals surface area contributed by atoms with Gasteiger partial charge in [-0.1, -0.05) is 97.1 Å². The normalized spacial score (nSPS) is 16.9. The van der Waals surface area contributed by atoms with Gasteiger partial charge in [-0.3, -0.25) is 39.1 Å². The molecule has 0 radical (unpaired) electrons. The van der Waals surface area contributed by atoms with Crippen molar-refractivity contribution in [3.8, 4) is 23.0 Å². The molecule has 16 nitrogen and oxygen atoms in total. The van der Waals surface area contributed by atoms with Crippen molar-refractivity contribution in [3.05, 3.63) is 261 Å². The van der Waals surface area contributed by atoms with Crippen molar-refractivity contribution in [1.29, 1.82) is 0 Å². The number of aliphatic imine (C=N–C) groups is 4. The summed E-state index contributed by atoms with van der Waals surface area (Å²) >= 11 is 0. The van der Waals surface area contributed by atoms with Crippen LogP contribution >= 0.6 is 0 Å². The van der Waals surface area contributed by atoms with Crippen LogP contribution in [0.1, 0.15) is 90.5 Å². The van der Waals surface area contributed by atoms with E-state index in [2.05, 4.69) is 21.3 Å². The molecule has 98 heavy (non-hydrogen) atoms. The summed E-state index contributed by atoms with van der Waals surface area (Å²) in [7, 11) is 0. The minimum absolute atomic E-state index is 0.0576. The van der Waals surface area contributed by atoms with E-state index in [4.69, 9.17) is 38.9 Å². The summed E-state index contributed by atoms with van der Waals surface area (Å²) in [4.78, 5) is 79.9. The maximum atomic E-state index is 14.8. The zero-order valence-corrected chi connectivity index (χ0v) is 56.6. The van der Waals surface area contributed by atoms with Gasteiger partial charge in [0.2, 0.25) is 0 Å². The molecule has 4 N–H and O–H groups in total. The summed E-state index contributed by atoms with van der Waals surface area (Å²) in [5, 5.41) is 14.1. The lowest BCUT2D eigenvalue weighted by molar-refractivity contribution is -0.115. The van der Waals surface area contributed by atoms with E-state index in [1.807, 2.05) is 250 Å². The van der Waals surface area contributed by atoms with Gasteiger partial charge in [-0.15, -0.1) is 0 Å². The molecule has 4 heterocycles. The van der Waals surface area contributed by atoms with E-state index in [0.29, 0.717) is 176 Å². The van der Waals surface area contributed by atoms with Gasteiger partial charge in [0.05, 0.1) is 117 Å². The summed E-state index contributed by atoms with van der Waals surface area (Å²) in [5.41, 5.74) is 13.8. The van der Waals surface area contributed by atoms with Crippen LogP contribution in [0, 0.1) is 0 Å². The summed E-state index contributed by atoms with van der Waals surface area (Å²) in [6.45, 7) is 16.1. The fourth-order valence-corrected chi connectivity index (χ4v) is 12.4. The predicted octanol–water partition coefficient (Wildman–Crippen LogP) is 17.5. The number of Topliss-reactive ketones (excluding diaryl/α,β-unsaturated/α-hetero) is 4. The van der Waals surface area contributed by atoms with Crippen LogP contribution in [0.15, 0.2) is 259 Å². The van der Waals surface area contributed by atoms with Crippen LogP contribution in [0.25, 0.3) is 0 Å². The van der Waals surface area contributed by atoms with Crippen molar-refractivity contribution in [2.24, 2.45) is 20.0 Å². The molecule has 0 aliphatic carbocycles. The number of ketones is 4. The van der Waals surface area contributed by atoms with Crippen LogP contribution < -0.4 is 40.2 Å². The molecule has 0 aromatic heterocycles. The molecule has 0 saturated carbocycles. The molecule has 12 bridgehead atoms. The summed E-state index contributed by atoms with van der Waals surface area (Å²) < 4.78 is 25.1. The van der Waals surface area contributed by atoms with Gasteiger partial charge in [0.1, 0.15) is 23.0 Å². The number of fused-ring (bicyclic) bond motifs is 15. The quantitative estimate of drug-likeness (QED) is 0.112. The maximum absolute atomic E-state index is 14.8. The molecule has 0 saturated heterocycles. The third-order valence-electron chi connectivity index (χ3n) is 16.8. The molecule has 0 atom stereocenters. The maximum Gasteiger partial charge on any atom is 0.170 e. The Morgan fingerprint density at radius 1 is 0.276 bits per heavy atom. The molecule has 8 aromatic carbocycles. The highest BCUT2D eigenvalue weighted by molar-refractivity contribution is 6.26. The lowest BCUT2D eigenvalue weighted by Crippen LogP contribution is -2.19. The van der Waals surface area contributed by atoms with Crippen molar-refractivity contribution in [3.63, 3.8) is 0 Å². The highest BCUT2D eigenvalue weighted by Gasteiger charge is 2.26. The number of nitrogens with zero attached hydrogens (tertiary/aromatic N) is 4. The molecule has 4 aliphatic heterocycles. The standard InChI is InChI=1S/C82H80N8O8/c1-51-79-52(2)84-69-33-11-12-34-70(69)86-54(4)80(53(3)85-68-32-10-9-31-67(68)83-51)76(92)48-60-24-18-28-64(44-60)97-41-22-42-98-66-30-20-26-62(46-66)50-78(94)82-57(7)89-73-37-15-13-35-71(73)87-55(5)81(56(6)88-72-36-14-16-38-74(72)90-58(82)8)77(93)49-61-25-19-29-65(45-61)96-40-21-39-95-63-27-17-23-59(43-63)47-75(79)91/h9-20,23-38,43-46,83,86-87,90H,21-22,39-42,47-50H2,1-8H3/b79-51-,80-54?,81-55?,82-58?,84-52?,85-53?,88-56?,89-57?. The zero-order chi connectivity index (χ0) is 68.7. The van der Waals surface area contributed by atoms with Crippen molar-refractivity contribution in [2.45, 2.75) is 93.9 Å². The smallest absolute Gasteiger partial charge is 0.170 e. The van der Waals surface area contributed by atoms with E-state index >= 15 is 0 Å². The van der Waals surface area contributed by atoms with E-state index in [1.54, 1.807) is 0 Å². The van der Waals surface area contributed by atoms with E-state index in [-0.39, 0.29) is 48.8 Å². The van der Waals surface area contributed by atoms with Gasteiger partial charge in [0, 0.05) is 61.3 Å². The number of benzene rings is 8. The van der Waals surface area contributed by atoms with Crippen molar-refractivity contribution < 1.29 is 38.1 Å². The van der Waals surface area contributed by atoms with Crippen molar-refractivity contribution >= 4 is 91.5 Å². The second-order valence-corrected chi connectivity index (χ2v) is 24.4. The molecule has 0 amide bonds. The number of carbonyl (C=O) groups is 4. The van der Waals surface area contributed by atoms with E-state index in [1.165, 1.54) is 0 Å². The first-order valence-corrected chi connectivity index (χ1v) is 33.0. The molecule has 4 aliphatic rings. The molecule has 8 aromatic rings. The Hall–Kier alpha value is -11.5. The number of nitrogens with one attached hydrogen (secondary N) is 4. The van der Waals surface area contributed by atoms with E-state index in [0.717, 1.165) is 22.3 Å². The van der Waals surface area contributed by atoms with Crippen LogP contribution in [0.5, 0.6) is 23.0 Å². The topological polar surface area (TPSA) is 203 Å². The predicted molar refractivity (Wildman–Crippen MR) is 394 cm³/mol. The molecule has 0 spiro atoms. The number of rotatable bonds is 0. The SMILES string of the molecule is CC1=Nc2ccccc2NC(C)=C2C(=O)Cc3cccc(c3)OCCCOc3cccc(c3)CC(=O)C3=C(C)Nc4ccccc4N=C(C)/C(=C(\C)Nc4ccccc4N=C3C)C(=O)Cc3cccc(c3)OCCCOc3cccc(c3)CC(=O)C1=C(C)Nc1ccccc1N=C2C. The third kappa shape index (κ3) is 17.3. The minimum atomic E-state index is -0.158. The monoisotopic (exact) mass is 1300 g/mol. The van der Waals surface area contributed by atoms with Gasteiger partial charge in [-0.2, -0.15) is 0 Å². The molecule has 496 valence electrons. The summed E-state index contributed by atoms with van der Waals surface area (Å²) in [6, 6.07) is 60.3. The fourth-order valence-electron chi connectivity index (χ4n) is 12.4. The van der Waals surface area contributed by atoms with Gasteiger partial charge >= 0.3 is 0 Å². The fraction of sp³-hybridized carbons (Fsp3) is 0.220. The number of hydrogen-bond acceptors (Lipinski definition) is 16. The van der Waals surface area contributed by atoms with E-state index < -0.39 is 0 Å². The highest BCUT2D eigenvalue weighted by atomic mass is 16.5. The molecular weight excluding hydrogens is 1220 g/mol. The molecular formula is C82H80N8O8. The van der Waals surface area contributed by atoms with Gasteiger partial charge < -0.3 is 40.2 Å². The Morgan fingerprint density at radius 3 is 0.714 bits per heavy atom. The molecule has 0 unspecified atom stereocenters. The Morgan fingerprint density at radius 2 is 0.490 bits per heavy atom. The van der Waals surface area contributed by atoms with Crippen LogP contribution in [0.4, 0.5) is 45.5 Å². The average Bonchev–Trinajstić information content (AvgIpc) is 0.836. The van der Waals surface area contributed by atoms with Crippen molar-refractivity contribution in [1.82, 2.24) is 0 Å². The van der Waals surface area contributed by atoms with Gasteiger partial charge in [0.25, 0.3) is 0 Å².